The van der Waals surface area contributed by atoms with Crippen LogP contribution in [0.1, 0.15) is 52.4 Å². The maximum atomic E-state index is 5.76. The van der Waals surface area contributed by atoms with Crippen molar-refractivity contribution in [2.75, 3.05) is 13.2 Å². The van der Waals surface area contributed by atoms with Crippen LogP contribution in [0.15, 0.2) is 0 Å². The molecule has 1 rings (SSSR count). The highest BCUT2D eigenvalue weighted by atomic mass is 16.5. The van der Waals surface area contributed by atoms with Gasteiger partial charge < -0.3 is 9.47 Å². The van der Waals surface area contributed by atoms with E-state index in [4.69, 9.17) is 9.47 Å². The van der Waals surface area contributed by atoms with E-state index in [0.29, 0.717) is 12.2 Å². The number of hydrogen-bond acceptors (Lipinski definition) is 2. The van der Waals surface area contributed by atoms with E-state index in [2.05, 4.69) is 13.8 Å². The fraction of sp³-hybridized carbons (Fsp3) is 1.00. The molecule has 0 heterocycles. The van der Waals surface area contributed by atoms with E-state index in [1.54, 1.807) is 0 Å². The zero-order valence-corrected chi connectivity index (χ0v) is 9.63. The average molecular weight is 200 g/mol. The van der Waals surface area contributed by atoms with E-state index in [1.165, 1.54) is 19.3 Å². The van der Waals surface area contributed by atoms with E-state index in [1.807, 2.05) is 0 Å². The summed E-state index contributed by atoms with van der Waals surface area (Å²) in [6, 6.07) is 0. The van der Waals surface area contributed by atoms with Gasteiger partial charge >= 0.3 is 0 Å². The Morgan fingerprint density at radius 3 is 1.86 bits per heavy atom. The molecule has 2 heteroatoms. The Morgan fingerprint density at radius 2 is 1.43 bits per heavy atom. The molecular weight excluding hydrogens is 176 g/mol. The summed E-state index contributed by atoms with van der Waals surface area (Å²) in [5, 5.41) is 0. The minimum atomic E-state index is 0.463. The van der Waals surface area contributed by atoms with Gasteiger partial charge in [-0.1, -0.05) is 13.8 Å². The zero-order valence-electron chi connectivity index (χ0n) is 9.63. The summed E-state index contributed by atoms with van der Waals surface area (Å²) in [6.45, 7) is 6.14. The second kappa shape index (κ2) is 7.24. The molecule has 0 aromatic carbocycles. The van der Waals surface area contributed by atoms with E-state index < -0.39 is 0 Å². The predicted molar refractivity (Wildman–Crippen MR) is 58.5 cm³/mol. The van der Waals surface area contributed by atoms with Crippen LogP contribution in [0.25, 0.3) is 0 Å². The minimum Gasteiger partial charge on any atom is -0.378 e. The van der Waals surface area contributed by atoms with E-state index >= 15 is 0 Å². The molecule has 0 aliphatic heterocycles. The van der Waals surface area contributed by atoms with Crippen molar-refractivity contribution in [2.45, 2.75) is 64.6 Å². The molecule has 1 saturated carbocycles. The van der Waals surface area contributed by atoms with Gasteiger partial charge in [0, 0.05) is 13.2 Å². The Hall–Kier alpha value is -0.0800. The van der Waals surface area contributed by atoms with Crippen LogP contribution in [0.2, 0.25) is 0 Å². The lowest BCUT2D eigenvalue weighted by Crippen LogP contribution is -2.28. The molecule has 2 nitrogen and oxygen atoms in total. The van der Waals surface area contributed by atoms with Crippen molar-refractivity contribution >= 4 is 0 Å². The Bertz CT molecular complexity index is 122. The first kappa shape index (κ1) is 12.0. The van der Waals surface area contributed by atoms with Crippen molar-refractivity contribution in [1.29, 1.82) is 0 Å². The molecule has 2 unspecified atom stereocenters. The van der Waals surface area contributed by atoms with Crippen LogP contribution < -0.4 is 0 Å². The average Bonchev–Trinajstić information content (AvgIpc) is 2.24. The van der Waals surface area contributed by atoms with Crippen LogP contribution in [-0.4, -0.2) is 25.4 Å². The molecule has 1 aliphatic rings. The summed E-state index contributed by atoms with van der Waals surface area (Å²) in [7, 11) is 0. The Balaban J connectivity index is 2.14. The van der Waals surface area contributed by atoms with Gasteiger partial charge in [0.05, 0.1) is 12.2 Å². The van der Waals surface area contributed by atoms with Gasteiger partial charge in [-0.15, -0.1) is 0 Å². The molecule has 1 fully saturated rings. The van der Waals surface area contributed by atoms with Crippen molar-refractivity contribution in [1.82, 2.24) is 0 Å². The lowest BCUT2D eigenvalue weighted by molar-refractivity contribution is -0.0442. The minimum absolute atomic E-state index is 0.463. The van der Waals surface area contributed by atoms with Gasteiger partial charge in [-0.3, -0.25) is 0 Å². The highest BCUT2D eigenvalue weighted by Gasteiger charge is 2.22. The summed E-state index contributed by atoms with van der Waals surface area (Å²) >= 11 is 0. The maximum absolute atomic E-state index is 5.76. The topological polar surface area (TPSA) is 18.5 Å². The summed E-state index contributed by atoms with van der Waals surface area (Å²) in [5.41, 5.74) is 0. The molecular formula is C12H24O2. The fourth-order valence-electron chi connectivity index (χ4n) is 1.97. The van der Waals surface area contributed by atoms with Crippen LogP contribution >= 0.6 is 0 Å². The number of rotatable bonds is 6. The Kier molecular flexibility index (Phi) is 6.20. The SMILES string of the molecule is CCCOC1CCCC(OCCC)C1. The highest BCUT2D eigenvalue weighted by Crippen LogP contribution is 2.23. The van der Waals surface area contributed by atoms with Gasteiger partial charge in [0.1, 0.15) is 0 Å². The van der Waals surface area contributed by atoms with Crippen LogP contribution in [0.3, 0.4) is 0 Å². The molecule has 84 valence electrons. The smallest absolute Gasteiger partial charge is 0.0599 e. The molecule has 0 aromatic rings. The Morgan fingerprint density at radius 1 is 0.929 bits per heavy atom. The molecule has 0 saturated heterocycles. The van der Waals surface area contributed by atoms with Crippen molar-refractivity contribution in [3.05, 3.63) is 0 Å². The van der Waals surface area contributed by atoms with Gasteiger partial charge in [-0.25, -0.2) is 0 Å². The standard InChI is InChI=1S/C12H24O2/c1-3-8-13-11-6-5-7-12(10-11)14-9-4-2/h11-12H,3-10H2,1-2H3. The third-order valence-corrected chi connectivity index (χ3v) is 2.69. The molecule has 0 spiro atoms. The lowest BCUT2D eigenvalue weighted by atomic mass is 9.95. The first-order valence-corrected chi connectivity index (χ1v) is 6.10. The van der Waals surface area contributed by atoms with Gasteiger partial charge in [0.25, 0.3) is 0 Å². The normalized spacial score (nSPS) is 27.9. The maximum Gasteiger partial charge on any atom is 0.0599 e. The third kappa shape index (κ3) is 4.43. The van der Waals surface area contributed by atoms with E-state index in [0.717, 1.165) is 32.5 Å². The van der Waals surface area contributed by atoms with E-state index in [-0.39, 0.29) is 0 Å². The first-order valence-electron chi connectivity index (χ1n) is 6.10. The number of hydrogen-bond donors (Lipinski definition) is 0. The second-order valence-electron chi connectivity index (χ2n) is 4.15. The van der Waals surface area contributed by atoms with Crippen molar-refractivity contribution in [3.63, 3.8) is 0 Å². The second-order valence-corrected chi connectivity index (χ2v) is 4.15. The fourth-order valence-corrected chi connectivity index (χ4v) is 1.97. The Labute approximate surface area is 88.0 Å². The van der Waals surface area contributed by atoms with Crippen LogP contribution in [0.5, 0.6) is 0 Å². The summed E-state index contributed by atoms with van der Waals surface area (Å²) in [4.78, 5) is 0. The monoisotopic (exact) mass is 200 g/mol. The number of ether oxygens (including phenoxy) is 2. The molecule has 1 aliphatic carbocycles. The van der Waals surface area contributed by atoms with Crippen LogP contribution in [0, 0.1) is 0 Å². The quantitative estimate of drug-likeness (QED) is 0.655. The molecule has 0 radical (unpaired) electrons. The molecule has 14 heavy (non-hydrogen) atoms. The van der Waals surface area contributed by atoms with Crippen LogP contribution in [-0.2, 0) is 9.47 Å². The zero-order chi connectivity index (χ0) is 10.2. The van der Waals surface area contributed by atoms with E-state index in [9.17, 15) is 0 Å². The summed E-state index contributed by atoms with van der Waals surface area (Å²) < 4.78 is 11.5. The molecule has 0 bridgehead atoms. The van der Waals surface area contributed by atoms with Gasteiger partial charge in [0.2, 0.25) is 0 Å². The van der Waals surface area contributed by atoms with Gasteiger partial charge in [0.15, 0.2) is 0 Å². The molecule has 0 N–H and O–H groups in total. The van der Waals surface area contributed by atoms with Crippen LogP contribution in [0.4, 0.5) is 0 Å². The van der Waals surface area contributed by atoms with Gasteiger partial charge in [-0.2, -0.15) is 0 Å². The molecule has 2 atom stereocenters. The van der Waals surface area contributed by atoms with Crippen molar-refractivity contribution < 1.29 is 9.47 Å². The molecule has 0 aromatic heterocycles. The summed E-state index contributed by atoms with van der Waals surface area (Å²) in [6.07, 6.45) is 8.01. The molecule has 0 amide bonds. The summed E-state index contributed by atoms with van der Waals surface area (Å²) in [5.74, 6) is 0. The predicted octanol–water partition coefficient (Wildman–Crippen LogP) is 3.15. The largest absolute Gasteiger partial charge is 0.378 e. The lowest BCUT2D eigenvalue weighted by Gasteiger charge is -2.29. The van der Waals surface area contributed by atoms with Gasteiger partial charge in [-0.05, 0) is 38.5 Å². The first-order chi connectivity index (χ1) is 6.86. The van der Waals surface area contributed by atoms with Crippen molar-refractivity contribution in [3.8, 4) is 0 Å². The highest BCUT2D eigenvalue weighted by molar-refractivity contribution is 4.73. The third-order valence-electron chi connectivity index (χ3n) is 2.69. The van der Waals surface area contributed by atoms with Crippen molar-refractivity contribution in [2.24, 2.45) is 0 Å².